The van der Waals surface area contributed by atoms with Gasteiger partial charge in [0.15, 0.2) is 6.10 Å². The number of imide groups is 1. The molecule has 0 unspecified atom stereocenters. The molecule has 5 nitrogen and oxygen atoms in total. The zero-order valence-electron chi connectivity index (χ0n) is 10.8. The number of amides is 2. The number of alkyl halides is 1. The summed E-state index contributed by atoms with van der Waals surface area (Å²) >= 11 is 2.95. The smallest absolute Gasteiger partial charge is 0.317 e. The lowest BCUT2D eigenvalue weighted by Crippen LogP contribution is -2.35. The lowest BCUT2D eigenvalue weighted by molar-refractivity contribution is -0.154. The first kappa shape index (κ1) is 14.7. The van der Waals surface area contributed by atoms with Crippen LogP contribution in [0.15, 0.2) is 30.3 Å². The van der Waals surface area contributed by atoms with Crippen molar-refractivity contribution >= 4 is 33.7 Å². The van der Waals surface area contributed by atoms with Crippen molar-refractivity contribution in [1.29, 1.82) is 0 Å². The molecule has 106 valence electrons. The standard InChI is InChI=1S/C14H14BrNO4/c15-9-13(18)20-11-8-12(17)16(14(11)19)7-6-10-4-2-1-3-5-10/h1-5,11H,6-9H2/t11-/m0/s1. The number of hydrogen-bond acceptors (Lipinski definition) is 4. The molecule has 1 aromatic rings. The van der Waals surface area contributed by atoms with Gasteiger partial charge in [0.1, 0.15) is 5.33 Å². The van der Waals surface area contributed by atoms with Crippen molar-refractivity contribution in [1.82, 2.24) is 4.90 Å². The molecular formula is C14H14BrNO4. The number of esters is 1. The average Bonchev–Trinajstić information content (AvgIpc) is 2.72. The summed E-state index contributed by atoms with van der Waals surface area (Å²) in [4.78, 5) is 36.1. The van der Waals surface area contributed by atoms with E-state index in [1.165, 1.54) is 4.90 Å². The molecule has 1 aromatic carbocycles. The van der Waals surface area contributed by atoms with Crippen LogP contribution in [0.2, 0.25) is 0 Å². The van der Waals surface area contributed by atoms with Crippen LogP contribution in [0.4, 0.5) is 0 Å². The summed E-state index contributed by atoms with van der Waals surface area (Å²) in [6, 6.07) is 9.60. The molecule has 0 radical (unpaired) electrons. The van der Waals surface area contributed by atoms with Gasteiger partial charge in [0.2, 0.25) is 5.91 Å². The highest BCUT2D eigenvalue weighted by atomic mass is 79.9. The fourth-order valence-electron chi connectivity index (χ4n) is 2.06. The van der Waals surface area contributed by atoms with Crippen molar-refractivity contribution in [2.45, 2.75) is 18.9 Å². The third kappa shape index (κ3) is 3.45. The summed E-state index contributed by atoms with van der Waals surface area (Å²) in [5, 5.41) is 0.00891. The second-order valence-electron chi connectivity index (χ2n) is 4.44. The lowest BCUT2D eigenvalue weighted by atomic mass is 10.1. The van der Waals surface area contributed by atoms with Crippen LogP contribution in [0.1, 0.15) is 12.0 Å². The maximum Gasteiger partial charge on any atom is 0.317 e. The van der Waals surface area contributed by atoms with Crippen LogP contribution in [0.5, 0.6) is 0 Å². The topological polar surface area (TPSA) is 63.7 Å². The quantitative estimate of drug-likeness (QED) is 0.460. The Kier molecular flexibility index (Phi) is 4.89. The van der Waals surface area contributed by atoms with E-state index >= 15 is 0 Å². The first-order valence-corrected chi connectivity index (χ1v) is 7.37. The Morgan fingerprint density at radius 3 is 2.65 bits per heavy atom. The van der Waals surface area contributed by atoms with Gasteiger partial charge in [0.05, 0.1) is 6.42 Å². The minimum absolute atomic E-state index is 0.00891. The Bertz CT molecular complexity index is 517. The van der Waals surface area contributed by atoms with Gasteiger partial charge in [-0.25, -0.2) is 0 Å². The molecule has 2 amide bonds. The molecule has 1 heterocycles. The van der Waals surface area contributed by atoms with E-state index in [-0.39, 0.29) is 17.7 Å². The van der Waals surface area contributed by atoms with Crippen LogP contribution >= 0.6 is 15.9 Å². The van der Waals surface area contributed by atoms with E-state index in [2.05, 4.69) is 15.9 Å². The van der Waals surface area contributed by atoms with Gasteiger partial charge in [-0.2, -0.15) is 0 Å². The van der Waals surface area contributed by atoms with Gasteiger partial charge in [-0.3, -0.25) is 19.3 Å². The minimum atomic E-state index is -0.969. The molecule has 0 N–H and O–H groups in total. The number of carbonyl (C=O) groups is 3. The fraction of sp³-hybridized carbons (Fsp3) is 0.357. The highest BCUT2D eigenvalue weighted by Gasteiger charge is 2.40. The van der Waals surface area contributed by atoms with Crippen LogP contribution in [0, 0.1) is 0 Å². The number of benzene rings is 1. The van der Waals surface area contributed by atoms with E-state index in [0.29, 0.717) is 13.0 Å². The Balaban J connectivity index is 1.93. The van der Waals surface area contributed by atoms with Crippen LogP contribution in [-0.4, -0.2) is 40.7 Å². The molecule has 0 aliphatic carbocycles. The highest BCUT2D eigenvalue weighted by molar-refractivity contribution is 9.09. The molecular weight excluding hydrogens is 326 g/mol. The maximum absolute atomic E-state index is 12.0. The molecule has 2 rings (SSSR count). The van der Waals surface area contributed by atoms with E-state index in [0.717, 1.165) is 5.56 Å². The number of likely N-dealkylation sites (tertiary alicyclic amines) is 1. The summed E-state index contributed by atoms with van der Waals surface area (Å²) < 4.78 is 4.93. The predicted octanol–water partition coefficient (Wildman–Crippen LogP) is 1.29. The third-order valence-corrected chi connectivity index (χ3v) is 3.51. The highest BCUT2D eigenvalue weighted by Crippen LogP contribution is 2.17. The molecule has 1 aliphatic heterocycles. The van der Waals surface area contributed by atoms with Crippen LogP contribution in [0.3, 0.4) is 0 Å². The van der Waals surface area contributed by atoms with Gasteiger partial charge in [0, 0.05) is 6.54 Å². The monoisotopic (exact) mass is 339 g/mol. The largest absolute Gasteiger partial charge is 0.451 e. The molecule has 1 fully saturated rings. The van der Waals surface area contributed by atoms with E-state index in [4.69, 9.17) is 4.74 Å². The molecule has 0 bridgehead atoms. The second kappa shape index (κ2) is 6.65. The van der Waals surface area contributed by atoms with Crippen molar-refractivity contribution in [3.63, 3.8) is 0 Å². The fourth-order valence-corrected chi connectivity index (χ4v) is 2.19. The van der Waals surface area contributed by atoms with Crippen molar-refractivity contribution in [2.75, 3.05) is 11.9 Å². The van der Waals surface area contributed by atoms with Gasteiger partial charge < -0.3 is 4.74 Å². The van der Waals surface area contributed by atoms with Gasteiger partial charge in [-0.1, -0.05) is 46.3 Å². The summed E-state index contributed by atoms with van der Waals surface area (Å²) in [6.45, 7) is 0.310. The Hall–Kier alpha value is -1.69. The predicted molar refractivity (Wildman–Crippen MR) is 75.2 cm³/mol. The summed E-state index contributed by atoms with van der Waals surface area (Å²) in [5.41, 5.74) is 1.05. The van der Waals surface area contributed by atoms with E-state index in [1.54, 1.807) is 0 Å². The van der Waals surface area contributed by atoms with Gasteiger partial charge >= 0.3 is 5.97 Å². The Morgan fingerprint density at radius 2 is 2.00 bits per heavy atom. The third-order valence-electron chi connectivity index (χ3n) is 3.05. The van der Waals surface area contributed by atoms with Crippen molar-refractivity contribution in [3.05, 3.63) is 35.9 Å². The zero-order chi connectivity index (χ0) is 14.5. The number of rotatable bonds is 5. The molecule has 6 heteroatoms. The van der Waals surface area contributed by atoms with Gasteiger partial charge in [-0.15, -0.1) is 0 Å². The zero-order valence-corrected chi connectivity index (χ0v) is 12.3. The summed E-state index contributed by atoms with van der Waals surface area (Å²) in [7, 11) is 0. The minimum Gasteiger partial charge on any atom is -0.451 e. The second-order valence-corrected chi connectivity index (χ2v) is 5.00. The normalized spacial score (nSPS) is 18.4. The SMILES string of the molecule is O=C(CBr)O[C@H]1CC(=O)N(CCc2ccccc2)C1=O. The molecule has 20 heavy (non-hydrogen) atoms. The molecule has 0 aromatic heterocycles. The van der Waals surface area contributed by atoms with Crippen molar-refractivity contribution in [2.24, 2.45) is 0 Å². The molecule has 1 atom stereocenters. The first-order chi connectivity index (χ1) is 9.61. The Labute approximate surface area is 125 Å². The van der Waals surface area contributed by atoms with Crippen molar-refractivity contribution < 1.29 is 19.1 Å². The number of ether oxygens (including phenoxy) is 1. The average molecular weight is 340 g/mol. The molecule has 1 saturated heterocycles. The van der Waals surface area contributed by atoms with Crippen LogP contribution in [-0.2, 0) is 25.5 Å². The van der Waals surface area contributed by atoms with Crippen LogP contribution < -0.4 is 0 Å². The maximum atomic E-state index is 12.0. The number of halogens is 1. The van der Waals surface area contributed by atoms with Gasteiger partial charge in [0.25, 0.3) is 5.91 Å². The number of nitrogens with zero attached hydrogens (tertiary/aromatic N) is 1. The Morgan fingerprint density at radius 1 is 1.30 bits per heavy atom. The molecule has 0 saturated carbocycles. The van der Waals surface area contributed by atoms with Crippen LogP contribution in [0.25, 0.3) is 0 Å². The summed E-state index contributed by atoms with van der Waals surface area (Å²) in [5.74, 6) is -1.26. The molecule has 0 spiro atoms. The van der Waals surface area contributed by atoms with Gasteiger partial charge in [-0.05, 0) is 12.0 Å². The van der Waals surface area contributed by atoms with E-state index in [9.17, 15) is 14.4 Å². The number of carbonyl (C=O) groups excluding carboxylic acids is 3. The number of hydrogen-bond donors (Lipinski definition) is 0. The van der Waals surface area contributed by atoms with E-state index in [1.807, 2.05) is 30.3 Å². The van der Waals surface area contributed by atoms with E-state index < -0.39 is 18.0 Å². The summed E-state index contributed by atoms with van der Waals surface area (Å²) in [6.07, 6.45) is -0.438. The van der Waals surface area contributed by atoms with Crippen molar-refractivity contribution in [3.8, 4) is 0 Å². The first-order valence-electron chi connectivity index (χ1n) is 6.25. The lowest BCUT2D eigenvalue weighted by Gasteiger charge is -2.14. The molecule has 1 aliphatic rings.